The Morgan fingerprint density at radius 3 is 2.71 bits per heavy atom. The van der Waals surface area contributed by atoms with Gasteiger partial charge in [0.2, 0.25) is 0 Å². The summed E-state index contributed by atoms with van der Waals surface area (Å²) in [6.45, 7) is 1.91. The molecule has 1 aliphatic heterocycles. The maximum absolute atomic E-state index is 12.7. The molecule has 28 heavy (non-hydrogen) atoms. The fraction of sp³-hybridized carbons (Fsp3) is 0.300. The molecule has 8 heteroatoms. The van der Waals surface area contributed by atoms with Crippen LogP contribution in [-0.2, 0) is 19.1 Å². The Hall–Kier alpha value is -2.28. The zero-order valence-electron chi connectivity index (χ0n) is 15.3. The predicted octanol–water partition coefficient (Wildman–Crippen LogP) is 4.38. The zero-order valence-corrected chi connectivity index (χ0v) is 16.8. The molecule has 0 saturated heterocycles. The van der Waals surface area contributed by atoms with Crippen LogP contribution < -0.4 is 10.1 Å². The lowest BCUT2D eigenvalue weighted by molar-refractivity contribution is -0.150. The molecule has 0 aliphatic carbocycles. The number of nitrogens with one attached hydrogen (secondary N) is 1. The summed E-state index contributed by atoms with van der Waals surface area (Å²) in [4.78, 5) is 24.6. The maximum Gasteiger partial charge on any atom is 0.308 e. The van der Waals surface area contributed by atoms with Crippen LogP contribution in [0.2, 0.25) is 10.0 Å². The summed E-state index contributed by atoms with van der Waals surface area (Å²) < 4.78 is 16.5. The quantitative estimate of drug-likeness (QED) is 0.722. The van der Waals surface area contributed by atoms with Gasteiger partial charge in [-0.2, -0.15) is 0 Å². The Morgan fingerprint density at radius 1 is 1.21 bits per heavy atom. The molecule has 148 valence electrons. The number of anilines is 1. The molecule has 2 atom stereocenters. The van der Waals surface area contributed by atoms with Gasteiger partial charge in [0.1, 0.15) is 18.0 Å². The second kappa shape index (κ2) is 8.82. The lowest BCUT2D eigenvalue weighted by Crippen LogP contribution is -2.32. The van der Waals surface area contributed by atoms with Crippen LogP contribution in [0, 0.1) is 0 Å². The van der Waals surface area contributed by atoms with Crippen molar-refractivity contribution in [2.75, 3.05) is 19.0 Å². The minimum atomic E-state index is -1.06. The van der Waals surface area contributed by atoms with Crippen molar-refractivity contribution in [1.29, 1.82) is 0 Å². The molecule has 1 amide bonds. The molecular weight excluding hydrogens is 405 g/mol. The number of methoxy groups -OCH3 is 1. The Morgan fingerprint density at radius 2 is 2.00 bits per heavy atom. The third-order valence-electron chi connectivity index (χ3n) is 4.29. The van der Waals surface area contributed by atoms with Crippen LogP contribution in [0.5, 0.6) is 5.75 Å². The Bertz CT molecular complexity index is 902. The molecule has 0 aromatic heterocycles. The molecule has 0 spiro atoms. The van der Waals surface area contributed by atoms with Gasteiger partial charge in [-0.05, 0) is 31.2 Å². The first-order valence-corrected chi connectivity index (χ1v) is 9.44. The number of carbonyl (C=O) groups is 2. The third kappa shape index (κ3) is 4.24. The smallest absolute Gasteiger partial charge is 0.308 e. The van der Waals surface area contributed by atoms with Crippen LogP contribution in [0.15, 0.2) is 36.4 Å². The first-order valence-electron chi connectivity index (χ1n) is 8.68. The van der Waals surface area contributed by atoms with E-state index < -0.39 is 24.1 Å². The van der Waals surface area contributed by atoms with E-state index in [1.165, 1.54) is 7.11 Å². The lowest BCUT2D eigenvalue weighted by Gasteiger charge is -2.23. The van der Waals surface area contributed by atoms with Crippen molar-refractivity contribution in [3.8, 4) is 5.75 Å². The van der Waals surface area contributed by atoms with E-state index in [9.17, 15) is 9.59 Å². The van der Waals surface area contributed by atoms with Gasteiger partial charge >= 0.3 is 5.97 Å². The molecule has 0 saturated carbocycles. The van der Waals surface area contributed by atoms with Crippen molar-refractivity contribution < 1.29 is 23.8 Å². The van der Waals surface area contributed by atoms with Crippen molar-refractivity contribution >= 4 is 40.8 Å². The number of benzene rings is 2. The molecule has 1 heterocycles. The number of hydrogen-bond acceptors (Lipinski definition) is 5. The minimum Gasteiger partial charge on any atom is -0.495 e. The number of para-hydroxylation sites is 1. The van der Waals surface area contributed by atoms with Crippen LogP contribution in [-0.4, -0.2) is 31.7 Å². The zero-order chi connectivity index (χ0) is 20.3. The van der Waals surface area contributed by atoms with Gasteiger partial charge in [0.05, 0.1) is 25.2 Å². The molecule has 1 aliphatic rings. The third-order valence-corrected chi connectivity index (χ3v) is 4.82. The molecular formula is C20H19Cl2NO5. The van der Waals surface area contributed by atoms with Crippen LogP contribution in [0.4, 0.5) is 5.69 Å². The van der Waals surface area contributed by atoms with E-state index in [4.69, 9.17) is 37.4 Å². The summed E-state index contributed by atoms with van der Waals surface area (Å²) in [5.74, 6) is -0.548. The molecule has 0 radical (unpaired) electrons. The fourth-order valence-electron chi connectivity index (χ4n) is 3.08. The van der Waals surface area contributed by atoms with Crippen molar-refractivity contribution in [2.45, 2.75) is 25.6 Å². The SMILES string of the molecule is CCOC(=O)C[C@H]1O[C@H](c2cccc(Cl)c2OC)c2cc(Cl)ccc2NC1=O. The van der Waals surface area contributed by atoms with E-state index in [-0.39, 0.29) is 13.0 Å². The molecule has 0 unspecified atom stereocenters. The maximum atomic E-state index is 12.7. The minimum absolute atomic E-state index is 0.217. The highest BCUT2D eigenvalue weighted by atomic mass is 35.5. The number of halogens is 2. The average molecular weight is 424 g/mol. The van der Waals surface area contributed by atoms with Gasteiger partial charge in [0.15, 0.2) is 0 Å². The van der Waals surface area contributed by atoms with E-state index in [2.05, 4.69) is 5.32 Å². The highest BCUT2D eigenvalue weighted by Gasteiger charge is 2.35. The summed E-state index contributed by atoms with van der Waals surface area (Å²) >= 11 is 12.5. The number of esters is 1. The van der Waals surface area contributed by atoms with Crippen LogP contribution in [0.1, 0.15) is 30.6 Å². The number of fused-ring (bicyclic) bond motifs is 1. The highest BCUT2D eigenvalue weighted by molar-refractivity contribution is 6.32. The number of ether oxygens (including phenoxy) is 3. The average Bonchev–Trinajstić information content (AvgIpc) is 2.78. The van der Waals surface area contributed by atoms with Gasteiger partial charge in [0.25, 0.3) is 5.91 Å². The van der Waals surface area contributed by atoms with E-state index >= 15 is 0 Å². The first kappa shape index (κ1) is 20.5. The molecule has 0 bridgehead atoms. The van der Waals surface area contributed by atoms with Crippen molar-refractivity contribution in [3.05, 3.63) is 57.6 Å². The monoisotopic (exact) mass is 423 g/mol. The number of hydrogen-bond donors (Lipinski definition) is 1. The molecule has 2 aromatic rings. The molecule has 2 aromatic carbocycles. The molecule has 6 nitrogen and oxygen atoms in total. The van der Waals surface area contributed by atoms with Gasteiger partial charge < -0.3 is 19.5 Å². The number of carbonyl (C=O) groups excluding carboxylic acids is 2. The Balaban J connectivity index is 2.09. The fourth-order valence-corrected chi connectivity index (χ4v) is 3.52. The Kier molecular flexibility index (Phi) is 6.44. The number of rotatable bonds is 5. The summed E-state index contributed by atoms with van der Waals surface area (Å²) in [5.41, 5.74) is 1.78. The second-order valence-electron chi connectivity index (χ2n) is 6.10. The van der Waals surface area contributed by atoms with E-state index in [1.807, 2.05) is 0 Å². The molecule has 1 N–H and O–H groups in total. The van der Waals surface area contributed by atoms with Crippen LogP contribution in [0.3, 0.4) is 0 Å². The van der Waals surface area contributed by atoms with Crippen molar-refractivity contribution in [3.63, 3.8) is 0 Å². The van der Waals surface area contributed by atoms with Crippen LogP contribution >= 0.6 is 23.2 Å². The van der Waals surface area contributed by atoms with Crippen LogP contribution in [0.25, 0.3) is 0 Å². The lowest BCUT2D eigenvalue weighted by atomic mass is 9.98. The van der Waals surface area contributed by atoms with Gasteiger partial charge in [-0.25, -0.2) is 0 Å². The first-order chi connectivity index (χ1) is 13.4. The normalized spacial score (nSPS) is 18.6. The Labute approximate surface area is 172 Å². The standard InChI is InChI=1S/C20H19Cl2NO5/c1-3-27-17(24)10-16-20(25)23-15-8-7-11(21)9-13(15)18(28-16)12-5-4-6-14(22)19(12)26-2/h4-9,16,18H,3,10H2,1-2H3,(H,23,25)/t16-,18-/m1/s1. The van der Waals surface area contributed by atoms with Gasteiger partial charge in [-0.1, -0.05) is 35.3 Å². The van der Waals surface area contributed by atoms with Gasteiger partial charge in [-0.15, -0.1) is 0 Å². The summed E-state index contributed by atoms with van der Waals surface area (Å²) in [7, 11) is 1.50. The van der Waals surface area contributed by atoms with E-state index in [1.54, 1.807) is 43.3 Å². The second-order valence-corrected chi connectivity index (χ2v) is 6.94. The summed E-state index contributed by atoms with van der Waals surface area (Å²) in [6.07, 6.45) is -2.01. The van der Waals surface area contributed by atoms with E-state index in [0.29, 0.717) is 32.6 Å². The number of amides is 1. The predicted molar refractivity (Wildman–Crippen MR) is 106 cm³/mol. The van der Waals surface area contributed by atoms with E-state index in [0.717, 1.165) is 0 Å². The summed E-state index contributed by atoms with van der Waals surface area (Å²) in [5, 5.41) is 3.67. The topological polar surface area (TPSA) is 73.9 Å². The van der Waals surface area contributed by atoms with Crippen molar-refractivity contribution in [1.82, 2.24) is 0 Å². The van der Waals surface area contributed by atoms with Crippen molar-refractivity contribution in [2.24, 2.45) is 0 Å². The van der Waals surface area contributed by atoms with Gasteiger partial charge in [0, 0.05) is 21.8 Å². The largest absolute Gasteiger partial charge is 0.495 e. The summed E-state index contributed by atoms with van der Waals surface area (Å²) in [6, 6.07) is 10.3. The molecule has 3 rings (SSSR count). The highest BCUT2D eigenvalue weighted by Crippen LogP contribution is 2.42. The van der Waals surface area contributed by atoms with Gasteiger partial charge in [-0.3, -0.25) is 9.59 Å². The molecule has 0 fully saturated rings.